The maximum Gasteiger partial charge on any atom is 0.417 e. The van der Waals surface area contributed by atoms with Crippen molar-refractivity contribution in [2.45, 2.75) is 13.1 Å². The molecular weight excluding hydrogens is 291 g/mol. The second-order valence-corrected chi connectivity index (χ2v) is 4.54. The molecule has 0 radical (unpaired) electrons. The summed E-state index contributed by atoms with van der Waals surface area (Å²) in [7, 11) is 0. The largest absolute Gasteiger partial charge is 0.417 e. The number of hydrogen-bond acceptors (Lipinski definition) is 1. The van der Waals surface area contributed by atoms with E-state index in [4.69, 9.17) is 5.73 Å². The number of rotatable bonds is 2. The molecule has 0 aliphatic rings. The first-order chi connectivity index (χ1) is 10.3. The van der Waals surface area contributed by atoms with Crippen molar-refractivity contribution in [3.63, 3.8) is 0 Å². The summed E-state index contributed by atoms with van der Waals surface area (Å²) < 4.78 is 39.5. The Kier molecular flexibility index (Phi) is 4.22. The fourth-order valence-electron chi connectivity index (χ4n) is 2.14. The van der Waals surface area contributed by atoms with Gasteiger partial charge in [0.1, 0.15) is 0 Å². The number of carbonyl (C=O) groups is 1. The molecule has 2 aromatic carbocycles. The molecule has 5 heteroatoms. The van der Waals surface area contributed by atoms with E-state index in [0.29, 0.717) is 5.56 Å². The maximum absolute atomic E-state index is 13.2. The molecule has 1 amide bonds. The Bertz CT molecular complexity index is 782. The van der Waals surface area contributed by atoms with Crippen LogP contribution in [0.4, 0.5) is 13.2 Å². The Morgan fingerprint density at radius 3 is 2.41 bits per heavy atom. The average Bonchev–Trinajstić information content (AvgIpc) is 2.47. The third-order valence-corrected chi connectivity index (χ3v) is 3.09. The highest BCUT2D eigenvalue weighted by Gasteiger charge is 2.33. The van der Waals surface area contributed by atoms with Gasteiger partial charge in [0.25, 0.3) is 0 Å². The number of hydrogen-bond donors (Lipinski definition) is 1. The minimum Gasteiger partial charge on any atom is -0.366 e. The van der Waals surface area contributed by atoms with Crippen molar-refractivity contribution >= 4 is 5.91 Å². The summed E-state index contributed by atoms with van der Waals surface area (Å²) in [4.78, 5) is 11.4. The normalized spacial score (nSPS) is 10.7. The first kappa shape index (κ1) is 15.6. The van der Waals surface area contributed by atoms with Crippen molar-refractivity contribution in [3.8, 4) is 23.0 Å². The number of primary amides is 1. The van der Waals surface area contributed by atoms with Crippen LogP contribution in [0.15, 0.2) is 42.5 Å². The standard InChI is InChI=1S/C17H12F3NO/c1-2-5-11-8-9-12(10-15(11)17(18,19)20)13-6-3-4-7-14(13)16(21)22/h3-4,6-10H,1H3,(H2,21,22). The van der Waals surface area contributed by atoms with Gasteiger partial charge in [0.15, 0.2) is 0 Å². The van der Waals surface area contributed by atoms with E-state index in [1.807, 2.05) is 0 Å². The van der Waals surface area contributed by atoms with Gasteiger partial charge in [-0.25, -0.2) is 0 Å². The summed E-state index contributed by atoms with van der Waals surface area (Å²) in [5.74, 6) is 4.21. The van der Waals surface area contributed by atoms with E-state index in [2.05, 4.69) is 11.8 Å². The van der Waals surface area contributed by atoms with Gasteiger partial charge in [-0.2, -0.15) is 13.2 Å². The van der Waals surface area contributed by atoms with Gasteiger partial charge >= 0.3 is 6.18 Å². The molecule has 112 valence electrons. The molecule has 0 aliphatic heterocycles. The van der Waals surface area contributed by atoms with Gasteiger partial charge in [-0.1, -0.05) is 30.2 Å². The van der Waals surface area contributed by atoms with Gasteiger partial charge in [0.05, 0.1) is 5.56 Å². The lowest BCUT2D eigenvalue weighted by atomic mass is 9.95. The maximum atomic E-state index is 13.2. The molecule has 0 unspecified atom stereocenters. The predicted molar refractivity (Wildman–Crippen MR) is 77.9 cm³/mol. The molecule has 0 heterocycles. The van der Waals surface area contributed by atoms with Crippen molar-refractivity contribution < 1.29 is 18.0 Å². The van der Waals surface area contributed by atoms with Crippen LogP contribution >= 0.6 is 0 Å². The quantitative estimate of drug-likeness (QED) is 0.842. The van der Waals surface area contributed by atoms with Crippen molar-refractivity contribution in [2.24, 2.45) is 5.73 Å². The Balaban J connectivity index is 2.68. The Labute approximate surface area is 125 Å². The molecular formula is C17H12F3NO. The third-order valence-electron chi connectivity index (χ3n) is 3.09. The van der Waals surface area contributed by atoms with Gasteiger partial charge in [-0.15, -0.1) is 5.92 Å². The summed E-state index contributed by atoms with van der Waals surface area (Å²) in [6, 6.07) is 10.1. The highest BCUT2D eigenvalue weighted by molar-refractivity contribution is 5.99. The SMILES string of the molecule is CC#Cc1ccc(-c2ccccc2C(N)=O)cc1C(F)(F)F. The van der Waals surface area contributed by atoms with Crippen molar-refractivity contribution in [3.05, 3.63) is 59.2 Å². The summed E-state index contributed by atoms with van der Waals surface area (Å²) in [5, 5.41) is 0. The van der Waals surface area contributed by atoms with Crippen LogP contribution in [0.5, 0.6) is 0 Å². The number of carbonyl (C=O) groups excluding carboxylic acids is 1. The predicted octanol–water partition coefficient (Wildman–Crippen LogP) is 3.84. The molecule has 0 atom stereocenters. The fraction of sp³-hybridized carbons (Fsp3) is 0.118. The van der Waals surface area contributed by atoms with Gasteiger partial charge < -0.3 is 5.73 Å². The van der Waals surface area contributed by atoms with Crippen LogP contribution < -0.4 is 5.73 Å². The van der Waals surface area contributed by atoms with Crippen LogP contribution in [-0.2, 0) is 6.18 Å². The van der Waals surface area contributed by atoms with Crippen LogP contribution in [0.1, 0.15) is 28.4 Å². The molecule has 0 saturated heterocycles. The fourth-order valence-corrected chi connectivity index (χ4v) is 2.14. The lowest BCUT2D eigenvalue weighted by Crippen LogP contribution is -2.12. The zero-order chi connectivity index (χ0) is 16.3. The molecule has 22 heavy (non-hydrogen) atoms. The van der Waals surface area contributed by atoms with Gasteiger partial charge in [-0.3, -0.25) is 4.79 Å². The van der Waals surface area contributed by atoms with E-state index >= 15 is 0 Å². The number of amides is 1. The van der Waals surface area contributed by atoms with Crippen molar-refractivity contribution in [2.75, 3.05) is 0 Å². The summed E-state index contributed by atoms with van der Waals surface area (Å²) in [6.07, 6.45) is -4.53. The number of benzene rings is 2. The van der Waals surface area contributed by atoms with E-state index in [-0.39, 0.29) is 16.7 Å². The molecule has 0 saturated carbocycles. The van der Waals surface area contributed by atoms with E-state index in [9.17, 15) is 18.0 Å². The van der Waals surface area contributed by atoms with E-state index < -0.39 is 17.6 Å². The zero-order valence-electron chi connectivity index (χ0n) is 11.7. The Hall–Kier alpha value is -2.74. The third kappa shape index (κ3) is 3.12. The molecule has 2 N–H and O–H groups in total. The summed E-state index contributed by atoms with van der Waals surface area (Å²) in [5.41, 5.74) is 5.13. The minimum atomic E-state index is -4.53. The van der Waals surface area contributed by atoms with Crippen molar-refractivity contribution in [1.82, 2.24) is 0 Å². The molecule has 0 spiro atoms. The van der Waals surface area contributed by atoms with Gasteiger partial charge in [0.2, 0.25) is 5.91 Å². The van der Waals surface area contributed by atoms with Crippen molar-refractivity contribution in [1.29, 1.82) is 0 Å². The molecule has 2 aromatic rings. The monoisotopic (exact) mass is 303 g/mol. The van der Waals surface area contributed by atoms with Crippen LogP contribution in [0.2, 0.25) is 0 Å². The van der Waals surface area contributed by atoms with Gasteiger partial charge in [-0.05, 0) is 36.2 Å². The summed E-state index contributed by atoms with van der Waals surface area (Å²) >= 11 is 0. The van der Waals surface area contributed by atoms with Crippen LogP contribution in [-0.4, -0.2) is 5.91 Å². The lowest BCUT2D eigenvalue weighted by Gasteiger charge is -2.13. The van der Waals surface area contributed by atoms with Crippen LogP contribution in [0, 0.1) is 11.8 Å². The number of alkyl halides is 3. The summed E-state index contributed by atoms with van der Waals surface area (Å²) in [6.45, 7) is 1.47. The van der Waals surface area contributed by atoms with E-state index in [0.717, 1.165) is 6.07 Å². The smallest absolute Gasteiger partial charge is 0.366 e. The van der Waals surface area contributed by atoms with Gasteiger partial charge in [0, 0.05) is 11.1 Å². The van der Waals surface area contributed by atoms with Crippen LogP contribution in [0.25, 0.3) is 11.1 Å². The Morgan fingerprint density at radius 1 is 1.14 bits per heavy atom. The molecule has 2 rings (SSSR count). The highest BCUT2D eigenvalue weighted by atomic mass is 19.4. The highest BCUT2D eigenvalue weighted by Crippen LogP contribution is 2.35. The van der Waals surface area contributed by atoms with E-state index in [1.54, 1.807) is 18.2 Å². The second-order valence-electron chi connectivity index (χ2n) is 4.54. The molecule has 2 nitrogen and oxygen atoms in total. The van der Waals surface area contributed by atoms with Crippen LogP contribution in [0.3, 0.4) is 0 Å². The molecule has 0 bridgehead atoms. The molecule has 0 aliphatic carbocycles. The first-order valence-corrected chi connectivity index (χ1v) is 6.38. The molecule has 0 fully saturated rings. The minimum absolute atomic E-state index is 0.102. The lowest BCUT2D eigenvalue weighted by molar-refractivity contribution is -0.137. The zero-order valence-corrected chi connectivity index (χ0v) is 11.7. The Morgan fingerprint density at radius 2 is 1.82 bits per heavy atom. The number of nitrogens with two attached hydrogens (primary N) is 1. The average molecular weight is 303 g/mol. The topological polar surface area (TPSA) is 43.1 Å². The second kappa shape index (κ2) is 5.94. The first-order valence-electron chi connectivity index (χ1n) is 6.38. The number of halogens is 3. The molecule has 0 aromatic heterocycles. The van der Waals surface area contributed by atoms with E-state index in [1.165, 1.54) is 25.1 Å².